The second-order valence-electron chi connectivity index (χ2n) is 4.29. The number of anilines is 1. The number of hydrogen-bond donors (Lipinski definition) is 1. The summed E-state index contributed by atoms with van der Waals surface area (Å²) in [6.07, 6.45) is -3.54. The van der Waals surface area contributed by atoms with Crippen LogP contribution in [0.5, 0.6) is 0 Å². The number of hydrogen-bond acceptors (Lipinski definition) is 7. The van der Waals surface area contributed by atoms with E-state index in [-0.39, 0.29) is 10.7 Å². The van der Waals surface area contributed by atoms with Crippen LogP contribution in [0, 0.1) is 20.2 Å². The minimum absolute atomic E-state index is 0.114. The third-order valence-electron chi connectivity index (χ3n) is 2.69. The Kier molecular flexibility index (Phi) is 4.78. The van der Waals surface area contributed by atoms with E-state index < -0.39 is 27.3 Å². The van der Waals surface area contributed by atoms with Gasteiger partial charge in [0.15, 0.2) is 0 Å². The zero-order valence-corrected chi connectivity index (χ0v) is 12.3. The highest BCUT2D eigenvalue weighted by Gasteiger charge is 2.33. The molecular formula is C12H7F3N4O4S. The number of nitro groups is 2. The van der Waals surface area contributed by atoms with E-state index in [2.05, 4.69) is 10.5 Å². The van der Waals surface area contributed by atoms with Gasteiger partial charge < -0.3 is 0 Å². The number of thiophene rings is 1. The van der Waals surface area contributed by atoms with Crippen LogP contribution in [0.4, 0.5) is 29.5 Å². The maximum absolute atomic E-state index is 12.6. The Hall–Kier alpha value is -3.02. The van der Waals surface area contributed by atoms with Crippen molar-refractivity contribution in [2.24, 2.45) is 5.10 Å². The van der Waals surface area contributed by atoms with Gasteiger partial charge in [0.2, 0.25) is 0 Å². The Morgan fingerprint density at radius 2 is 1.83 bits per heavy atom. The number of nitrogens with one attached hydrogen (secondary N) is 1. The van der Waals surface area contributed by atoms with Crippen LogP contribution in [0.1, 0.15) is 10.4 Å². The van der Waals surface area contributed by atoms with Crippen molar-refractivity contribution in [1.82, 2.24) is 0 Å². The molecule has 0 aliphatic heterocycles. The molecule has 1 heterocycles. The smallest absolute Gasteiger partial charge is 0.272 e. The van der Waals surface area contributed by atoms with Gasteiger partial charge in [-0.3, -0.25) is 25.7 Å². The lowest BCUT2D eigenvalue weighted by molar-refractivity contribution is -0.384. The van der Waals surface area contributed by atoms with Gasteiger partial charge in [-0.1, -0.05) is 11.3 Å². The van der Waals surface area contributed by atoms with Crippen LogP contribution in [-0.2, 0) is 6.18 Å². The summed E-state index contributed by atoms with van der Waals surface area (Å²) in [6.45, 7) is 0. The molecule has 0 saturated carbocycles. The van der Waals surface area contributed by atoms with E-state index >= 15 is 0 Å². The Morgan fingerprint density at radius 1 is 1.12 bits per heavy atom. The van der Waals surface area contributed by atoms with E-state index in [1.54, 1.807) is 0 Å². The van der Waals surface area contributed by atoms with Gasteiger partial charge in [0.05, 0.1) is 26.5 Å². The average Bonchev–Trinajstić information content (AvgIpc) is 2.95. The Balaban J connectivity index is 2.21. The largest absolute Gasteiger partial charge is 0.416 e. The molecule has 0 spiro atoms. The molecule has 0 atom stereocenters. The van der Waals surface area contributed by atoms with E-state index in [1.807, 2.05) is 0 Å². The molecule has 126 valence electrons. The van der Waals surface area contributed by atoms with E-state index in [9.17, 15) is 33.4 Å². The van der Waals surface area contributed by atoms with Crippen molar-refractivity contribution in [3.63, 3.8) is 0 Å². The third-order valence-corrected chi connectivity index (χ3v) is 3.66. The van der Waals surface area contributed by atoms with Crippen molar-refractivity contribution in [3.05, 3.63) is 61.0 Å². The van der Waals surface area contributed by atoms with Crippen molar-refractivity contribution < 1.29 is 23.0 Å². The molecule has 2 aromatic rings. The molecular weight excluding hydrogens is 353 g/mol. The lowest BCUT2D eigenvalue weighted by atomic mass is 10.1. The number of alkyl halides is 3. The molecule has 0 aliphatic rings. The molecule has 1 aromatic carbocycles. The molecule has 2 rings (SSSR count). The number of hydrazone groups is 1. The van der Waals surface area contributed by atoms with Gasteiger partial charge >= 0.3 is 11.2 Å². The van der Waals surface area contributed by atoms with Gasteiger partial charge in [0, 0.05) is 12.1 Å². The predicted molar refractivity (Wildman–Crippen MR) is 80.3 cm³/mol. The second kappa shape index (κ2) is 6.62. The van der Waals surface area contributed by atoms with Gasteiger partial charge in [-0.05, 0) is 18.2 Å². The van der Waals surface area contributed by atoms with Crippen LogP contribution in [0.3, 0.4) is 0 Å². The number of halogens is 3. The van der Waals surface area contributed by atoms with Gasteiger partial charge in [0.1, 0.15) is 5.69 Å². The molecule has 0 aliphatic carbocycles. The van der Waals surface area contributed by atoms with Crippen LogP contribution in [0.25, 0.3) is 0 Å². The van der Waals surface area contributed by atoms with Crippen LogP contribution in [-0.4, -0.2) is 16.1 Å². The molecule has 0 saturated heterocycles. The number of nitro benzene ring substituents is 1. The summed E-state index contributed by atoms with van der Waals surface area (Å²) in [5, 5.41) is 24.9. The first-order valence-electron chi connectivity index (χ1n) is 6.07. The summed E-state index contributed by atoms with van der Waals surface area (Å²) in [4.78, 5) is 20.3. The molecule has 24 heavy (non-hydrogen) atoms. The van der Waals surface area contributed by atoms with Crippen molar-refractivity contribution >= 4 is 33.9 Å². The van der Waals surface area contributed by atoms with E-state index in [0.717, 1.165) is 17.4 Å². The maximum Gasteiger partial charge on any atom is 0.416 e. The van der Waals surface area contributed by atoms with Crippen LogP contribution in [0.15, 0.2) is 35.4 Å². The zero-order valence-electron chi connectivity index (χ0n) is 11.5. The monoisotopic (exact) mass is 360 g/mol. The van der Waals surface area contributed by atoms with E-state index in [0.29, 0.717) is 17.0 Å². The molecule has 8 nitrogen and oxygen atoms in total. The first kappa shape index (κ1) is 17.3. The lowest BCUT2D eigenvalue weighted by Gasteiger charge is -2.08. The minimum Gasteiger partial charge on any atom is -0.272 e. The predicted octanol–water partition coefficient (Wildman–Crippen LogP) is 4.03. The number of nitrogens with zero attached hydrogens (tertiary/aromatic N) is 3. The van der Waals surface area contributed by atoms with Crippen LogP contribution >= 0.6 is 11.3 Å². The molecule has 0 radical (unpaired) electrons. The van der Waals surface area contributed by atoms with Gasteiger partial charge in [-0.25, -0.2) is 0 Å². The second-order valence-corrected chi connectivity index (χ2v) is 5.38. The topological polar surface area (TPSA) is 111 Å². The summed E-state index contributed by atoms with van der Waals surface area (Å²) in [5.74, 6) is 0. The van der Waals surface area contributed by atoms with Gasteiger partial charge in [-0.15, -0.1) is 0 Å². The SMILES string of the molecule is O=[N+]([O-])c1ccc(/C=N/Nc2ccc(C(F)(F)F)cc2[N+](=O)[O-])s1. The molecule has 1 aromatic heterocycles. The first-order chi connectivity index (χ1) is 11.2. The normalized spacial score (nSPS) is 11.6. The Bertz CT molecular complexity index is 819. The zero-order chi connectivity index (χ0) is 17.9. The average molecular weight is 360 g/mol. The fourth-order valence-electron chi connectivity index (χ4n) is 1.63. The summed E-state index contributed by atoms with van der Waals surface area (Å²) >= 11 is 0.821. The summed E-state index contributed by atoms with van der Waals surface area (Å²) < 4.78 is 37.7. The summed E-state index contributed by atoms with van der Waals surface area (Å²) in [7, 11) is 0. The first-order valence-corrected chi connectivity index (χ1v) is 6.89. The number of benzene rings is 1. The highest BCUT2D eigenvalue weighted by atomic mass is 32.1. The molecule has 0 fully saturated rings. The molecule has 0 bridgehead atoms. The Morgan fingerprint density at radius 3 is 2.38 bits per heavy atom. The fraction of sp³-hybridized carbons (Fsp3) is 0.0833. The molecule has 1 N–H and O–H groups in total. The van der Waals surface area contributed by atoms with Crippen molar-refractivity contribution in [1.29, 1.82) is 0 Å². The van der Waals surface area contributed by atoms with E-state index in [1.165, 1.54) is 18.3 Å². The quantitative estimate of drug-likeness (QED) is 0.492. The van der Waals surface area contributed by atoms with Crippen molar-refractivity contribution in [2.75, 3.05) is 5.43 Å². The summed E-state index contributed by atoms with van der Waals surface area (Å²) in [6, 6.07) is 4.63. The standard InChI is InChI=1S/C12H7F3N4O4S/c13-12(14,15)7-1-3-9(10(5-7)18(20)21)17-16-6-8-2-4-11(24-8)19(22)23/h1-6,17H/b16-6+. The highest BCUT2D eigenvalue weighted by molar-refractivity contribution is 7.16. The number of rotatable bonds is 5. The van der Waals surface area contributed by atoms with Crippen LogP contribution < -0.4 is 5.43 Å². The molecule has 12 heteroatoms. The van der Waals surface area contributed by atoms with Crippen molar-refractivity contribution in [2.45, 2.75) is 6.18 Å². The van der Waals surface area contributed by atoms with E-state index in [4.69, 9.17) is 0 Å². The highest BCUT2D eigenvalue weighted by Crippen LogP contribution is 2.35. The van der Waals surface area contributed by atoms with Gasteiger partial charge in [-0.2, -0.15) is 18.3 Å². The lowest BCUT2D eigenvalue weighted by Crippen LogP contribution is -2.06. The molecule has 0 amide bonds. The molecule has 0 unspecified atom stereocenters. The van der Waals surface area contributed by atoms with Crippen LogP contribution in [0.2, 0.25) is 0 Å². The fourth-order valence-corrected chi connectivity index (χ4v) is 2.32. The Labute approximate surface area is 135 Å². The maximum atomic E-state index is 12.6. The van der Waals surface area contributed by atoms with Crippen molar-refractivity contribution in [3.8, 4) is 0 Å². The van der Waals surface area contributed by atoms with Gasteiger partial charge in [0.25, 0.3) is 5.69 Å². The minimum atomic E-state index is -4.71. The third kappa shape index (κ3) is 4.04. The summed E-state index contributed by atoms with van der Waals surface area (Å²) in [5.41, 5.74) is 0.0696.